The number of hydrogen-bond acceptors (Lipinski definition) is 9. The Kier molecular flexibility index (Phi) is 8.76. The van der Waals surface area contributed by atoms with Crippen molar-refractivity contribution < 1.29 is 17.9 Å². The highest BCUT2D eigenvalue weighted by molar-refractivity contribution is 7.92. The summed E-state index contributed by atoms with van der Waals surface area (Å²) in [6.07, 6.45) is 8.41. The molecular weight excluding hydrogens is 639 g/mol. The molecule has 3 atom stereocenters. The SMILES string of the molecule is Cc1cccc(C)c1-c1cc2nc(n1)NS(=O)(=O)c1cccc(c1)C(=O)N1C(c3cncc(N(C)C4CCC4)n3)CC[C@H](O2)[C@H]1CC(C)C. The first-order valence-electron chi connectivity index (χ1n) is 17.1. The van der Waals surface area contributed by atoms with Crippen LogP contribution < -0.4 is 14.4 Å². The van der Waals surface area contributed by atoms with Gasteiger partial charge in [-0.2, -0.15) is 4.98 Å². The highest BCUT2D eigenvalue weighted by atomic mass is 32.2. The van der Waals surface area contributed by atoms with Gasteiger partial charge in [-0.15, -0.1) is 0 Å². The Hall–Kier alpha value is -4.58. The van der Waals surface area contributed by atoms with Crippen molar-refractivity contribution in [2.45, 2.75) is 95.3 Å². The van der Waals surface area contributed by atoms with E-state index in [0.717, 1.165) is 35.3 Å². The average Bonchev–Trinajstić information content (AvgIpc) is 3.03. The lowest BCUT2D eigenvalue weighted by atomic mass is 9.86. The van der Waals surface area contributed by atoms with Crippen LogP contribution in [0.1, 0.15) is 85.6 Å². The molecule has 1 aliphatic carbocycles. The molecule has 1 saturated heterocycles. The molecule has 1 unspecified atom stereocenters. The second-order valence-corrected chi connectivity index (χ2v) is 15.7. The molecule has 49 heavy (non-hydrogen) atoms. The number of nitrogens with zero attached hydrogens (tertiary/aromatic N) is 6. The molecule has 4 heterocycles. The summed E-state index contributed by atoms with van der Waals surface area (Å²) in [6.45, 7) is 8.25. The predicted molar refractivity (Wildman–Crippen MR) is 188 cm³/mol. The summed E-state index contributed by atoms with van der Waals surface area (Å²) < 4.78 is 36.9. The Morgan fingerprint density at radius 1 is 0.980 bits per heavy atom. The zero-order valence-corrected chi connectivity index (χ0v) is 29.4. The van der Waals surface area contributed by atoms with Crippen LogP contribution in [-0.4, -0.2) is 64.4 Å². The van der Waals surface area contributed by atoms with Gasteiger partial charge >= 0.3 is 0 Å². The molecule has 3 aliphatic rings. The zero-order valence-electron chi connectivity index (χ0n) is 28.6. The standard InChI is InChI=1S/C37H43N7O4S/c1-22(2)17-31-32-16-15-30(29-20-38-21-33(39-29)43(5)26-12-8-13-26)44(31)36(45)25-11-7-14-27(18-25)49(46,47)42-37-40-28(19-34(41-37)48-32)35-23(3)9-6-10-24(35)4/h6-7,9-11,14,18-22,26,30-32H,8,12-13,15-17H2,1-5H3,(H,40,41,42)/t30?,31-,32+/m1/s1. The molecule has 6 bridgehead atoms. The number of carbonyl (C=O) groups is 1. The van der Waals surface area contributed by atoms with Crippen LogP contribution in [0, 0.1) is 19.8 Å². The number of sulfonamides is 1. The van der Waals surface area contributed by atoms with Gasteiger partial charge in [0.25, 0.3) is 15.9 Å². The number of fused-ring (bicyclic) bond motifs is 6. The van der Waals surface area contributed by atoms with E-state index in [1.165, 1.54) is 18.6 Å². The summed E-state index contributed by atoms with van der Waals surface area (Å²) >= 11 is 0. The van der Waals surface area contributed by atoms with Crippen molar-refractivity contribution >= 4 is 27.7 Å². The van der Waals surface area contributed by atoms with Gasteiger partial charge in [0, 0.05) is 30.3 Å². The van der Waals surface area contributed by atoms with Crippen LogP contribution in [0.5, 0.6) is 5.88 Å². The van der Waals surface area contributed by atoms with Crippen molar-refractivity contribution in [2.75, 3.05) is 16.7 Å². The molecular formula is C37H43N7O4S. The molecule has 1 N–H and O–H groups in total. The Balaban J connectivity index is 1.38. The van der Waals surface area contributed by atoms with E-state index in [4.69, 9.17) is 9.72 Å². The Labute approximate surface area is 288 Å². The minimum Gasteiger partial charge on any atom is -0.472 e. The number of nitrogens with one attached hydrogen (secondary N) is 1. The molecule has 2 aromatic heterocycles. The monoisotopic (exact) mass is 681 g/mol. The molecule has 12 heteroatoms. The van der Waals surface area contributed by atoms with E-state index in [1.807, 2.05) is 36.9 Å². The lowest BCUT2D eigenvalue weighted by molar-refractivity contribution is -0.0119. The summed E-state index contributed by atoms with van der Waals surface area (Å²) in [4.78, 5) is 37.7. The minimum atomic E-state index is -4.17. The molecule has 2 aliphatic heterocycles. The van der Waals surface area contributed by atoms with E-state index >= 15 is 0 Å². The first kappa shape index (κ1) is 32.9. The fourth-order valence-corrected chi connectivity index (χ4v) is 8.34. The molecule has 11 nitrogen and oxygen atoms in total. The molecule has 1 amide bonds. The maximum Gasteiger partial charge on any atom is 0.264 e. The third-order valence-corrected chi connectivity index (χ3v) is 11.4. The van der Waals surface area contributed by atoms with Crippen LogP contribution in [0.2, 0.25) is 0 Å². The fourth-order valence-electron chi connectivity index (χ4n) is 7.35. The summed E-state index contributed by atoms with van der Waals surface area (Å²) in [7, 11) is -2.12. The number of rotatable bonds is 6. The van der Waals surface area contributed by atoms with Crippen molar-refractivity contribution in [1.29, 1.82) is 0 Å². The van der Waals surface area contributed by atoms with Crippen LogP contribution in [0.4, 0.5) is 11.8 Å². The van der Waals surface area contributed by atoms with Gasteiger partial charge in [-0.1, -0.05) is 38.1 Å². The summed E-state index contributed by atoms with van der Waals surface area (Å²) in [5, 5.41) is 0. The van der Waals surface area contributed by atoms with Crippen LogP contribution in [0.15, 0.2) is 65.8 Å². The number of aryl methyl sites for hydroxylation is 2. The maximum absolute atomic E-state index is 14.8. The highest BCUT2D eigenvalue weighted by Gasteiger charge is 2.44. The number of aromatic nitrogens is 4. The van der Waals surface area contributed by atoms with E-state index in [1.54, 1.807) is 30.6 Å². The fraction of sp³-hybridized carbons (Fsp3) is 0.432. The first-order chi connectivity index (χ1) is 23.5. The van der Waals surface area contributed by atoms with Crippen molar-refractivity contribution in [3.63, 3.8) is 0 Å². The van der Waals surface area contributed by atoms with Crippen molar-refractivity contribution in [3.05, 3.63) is 83.3 Å². The molecule has 2 fully saturated rings. The van der Waals surface area contributed by atoms with Crippen molar-refractivity contribution in [2.24, 2.45) is 5.92 Å². The third kappa shape index (κ3) is 6.46. The topological polar surface area (TPSA) is 131 Å². The summed E-state index contributed by atoms with van der Waals surface area (Å²) in [5.74, 6) is 0.867. The van der Waals surface area contributed by atoms with Crippen molar-refractivity contribution in [3.8, 4) is 17.1 Å². The van der Waals surface area contributed by atoms with E-state index < -0.39 is 22.2 Å². The van der Waals surface area contributed by atoms with Crippen molar-refractivity contribution in [1.82, 2.24) is 24.8 Å². The first-order valence-corrected chi connectivity index (χ1v) is 18.6. The molecule has 7 rings (SSSR count). The number of piperidine rings is 1. The highest BCUT2D eigenvalue weighted by Crippen LogP contribution is 2.40. The Morgan fingerprint density at radius 3 is 2.45 bits per heavy atom. The van der Waals surface area contributed by atoms with Gasteiger partial charge in [-0.25, -0.2) is 23.1 Å². The lowest BCUT2D eigenvalue weighted by Crippen LogP contribution is -2.55. The zero-order chi connectivity index (χ0) is 34.4. The molecule has 256 valence electrons. The molecule has 4 aromatic rings. The smallest absolute Gasteiger partial charge is 0.264 e. The molecule has 2 aromatic carbocycles. The van der Waals surface area contributed by atoms with E-state index in [9.17, 15) is 13.2 Å². The van der Waals surface area contributed by atoms with Crippen LogP contribution in [0.3, 0.4) is 0 Å². The van der Waals surface area contributed by atoms with Gasteiger partial charge in [0.2, 0.25) is 11.8 Å². The van der Waals surface area contributed by atoms with Gasteiger partial charge in [0.1, 0.15) is 11.9 Å². The minimum absolute atomic E-state index is 0.0597. The molecule has 0 spiro atoms. The van der Waals surface area contributed by atoms with E-state index in [2.05, 4.69) is 45.5 Å². The third-order valence-electron chi connectivity index (χ3n) is 10.1. The number of benzene rings is 2. The number of hydrogen-bond donors (Lipinski definition) is 1. The number of ether oxygens (including phenoxy) is 1. The second-order valence-electron chi connectivity index (χ2n) is 14.0. The number of amides is 1. The van der Waals surface area contributed by atoms with Gasteiger partial charge < -0.3 is 14.5 Å². The quantitative estimate of drug-likeness (QED) is 0.243. The van der Waals surface area contributed by atoms with Crippen LogP contribution in [-0.2, 0) is 10.0 Å². The summed E-state index contributed by atoms with van der Waals surface area (Å²) in [6, 6.07) is 13.6. The van der Waals surface area contributed by atoms with Crippen LogP contribution >= 0.6 is 0 Å². The van der Waals surface area contributed by atoms with Gasteiger partial charge in [0.15, 0.2) is 0 Å². The molecule has 1 saturated carbocycles. The molecule has 0 radical (unpaired) electrons. The number of anilines is 2. The lowest BCUT2D eigenvalue weighted by Gasteiger charge is -2.46. The van der Waals surface area contributed by atoms with Gasteiger partial charge in [-0.3, -0.25) is 9.78 Å². The van der Waals surface area contributed by atoms with Gasteiger partial charge in [-0.05, 0) is 87.6 Å². The van der Waals surface area contributed by atoms with E-state index in [0.29, 0.717) is 36.7 Å². The Morgan fingerprint density at radius 2 is 1.73 bits per heavy atom. The summed E-state index contributed by atoms with van der Waals surface area (Å²) in [5.41, 5.74) is 4.38. The van der Waals surface area contributed by atoms with Gasteiger partial charge in [0.05, 0.1) is 40.8 Å². The van der Waals surface area contributed by atoms with Crippen LogP contribution in [0.25, 0.3) is 11.3 Å². The Bertz CT molecular complexity index is 1980. The second kappa shape index (κ2) is 13.0. The maximum atomic E-state index is 14.8. The predicted octanol–water partition coefficient (Wildman–Crippen LogP) is 6.49. The van der Waals surface area contributed by atoms with E-state index in [-0.39, 0.29) is 40.2 Å². The number of carbonyl (C=O) groups excluding carboxylic acids is 1. The normalized spacial score (nSPS) is 21.8. The largest absolute Gasteiger partial charge is 0.472 e. The average molecular weight is 682 g/mol.